The molecule has 0 amide bonds. The second kappa shape index (κ2) is 12.7. The van der Waals surface area contributed by atoms with Gasteiger partial charge in [0.2, 0.25) is 0 Å². The van der Waals surface area contributed by atoms with Gasteiger partial charge in [-0.2, -0.15) is 0 Å². The molecule has 1 aliphatic heterocycles. The van der Waals surface area contributed by atoms with Crippen LogP contribution in [0.5, 0.6) is 0 Å². The number of hydrogen-bond acceptors (Lipinski definition) is 12. The van der Waals surface area contributed by atoms with Crippen LogP contribution in [0.25, 0.3) is 11.0 Å². The van der Waals surface area contributed by atoms with Crippen molar-refractivity contribution >= 4 is 41.6 Å². The van der Waals surface area contributed by atoms with Crippen LogP contribution in [-0.4, -0.2) is 51.4 Å². The monoisotopic (exact) mass is 535 g/mol. The predicted molar refractivity (Wildman–Crippen MR) is 124 cm³/mol. The molecule has 6 unspecified atom stereocenters. The van der Waals surface area contributed by atoms with Gasteiger partial charge in [-0.1, -0.05) is 17.9 Å². The van der Waals surface area contributed by atoms with E-state index in [1.54, 1.807) is 16.8 Å². The zero-order valence-corrected chi connectivity index (χ0v) is 20.7. The molecule has 0 spiro atoms. The summed E-state index contributed by atoms with van der Waals surface area (Å²) in [5.74, 6) is 5.98. The molecule has 34 heavy (non-hydrogen) atoms. The summed E-state index contributed by atoms with van der Waals surface area (Å²) in [5, 5.41) is 0.557. The Morgan fingerprint density at radius 2 is 2.12 bits per heavy atom. The molecule has 0 bridgehead atoms. The van der Waals surface area contributed by atoms with E-state index in [0.717, 1.165) is 0 Å². The van der Waals surface area contributed by atoms with Gasteiger partial charge in [0.05, 0.1) is 36.8 Å². The number of rotatable bonds is 11. The summed E-state index contributed by atoms with van der Waals surface area (Å²) in [6.45, 7) is 3.77. The molecule has 3 rings (SSSR count). The predicted octanol–water partition coefficient (Wildman–Crippen LogP) is 1.39. The topological polar surface area (TPSA) is 200 Å². The molecule has 1 aliphatic rings. The summed E-state index contributed by atoms with van der Waals surface area (Å²) < 4.78 is 61.1. The maximum atomic E-state index is 11.9. The molecule has 0 radical (unpaired) electrons. The minimum absolute atomic E-state index is 0.158. The first-order chi connectivity index (χ1) is 16.3. The highest BCUT2D eigenvalue weighted by Gasteiger charge is 2.38. The van der Waals surface area contributed by atoms with Crippen LogP contribution >= 0.6 is 24.8 Å². The lowest BCUT2D eigenvalue weighted by atomic mass is 10.2. The average Bonchev–Trinajstić information content (AvgIpc) is 3.36. The van der Waals surface area contributed by atoms with Gasteiger partial charge < -0.3 is 34.9 Å². The van der Waals surface area contributed by atoms with Crippen molar-refractivity contribution in [3.63, 3.8) is 0 Å². The Morgan fingerprint density at radius 3 is 2.82 bits per heavy atom. The number of nitrogens with zero attached hydrogens (tertiary/aromatic N) is 3. The van der Waals surface area contributed by atoms with E-state index in [2.05, 4.69) is 37.0 Å². The number of nitrogens with two attached hydrogens (primary N) is 2. The summed E-state index contributed by atoms with van der Waals surface area (Å²) in [5.41, 5.74) is 12.6. The van der Waals surface area contributed by atoms with Gasteiger partial charge in [-0.25, -0.2) is 18.6 Å². The van der Waals surface area contributed by atoms with Crippen molar-refractivity contribution in [2.45, 2.75) is 24.9 Å². The molecule has 5 N–H and O–H groups in total. The molecule has 0 aromatic carbocycles. The first-order valence-corrected chi connectivity index (χ1v) is 13.5. The quantitative estimate of drug-likeness (QED) is 0.212. The van der Waals surface area contributed by atoms with Crippen LogP contribution in [0.4, 0.5) is 5.82 Å². The van der Waals surface area contributed by atoms with Crippen molar-refractivity contribution in [3.05, 3.63) is 30.7 Å². The van der Waals surface area contributed by atoms with E-state index in [-0.39, 0.29) is 25.6 Å². The Hall–Kier alpha value is -1.87. The summed E-state index contributed by atoms with van der Waals surface area (Å²) in [6.07, 6.45) is 3.23. The van der Waals surface area contributed by atoms with Crippen molar-refractivity contribution in [3.8, 4) is 11.8 Å². The second-order valence-electron chi connectivity index (χ2n) is 6.72. The average molecular weight is 535 g/mol. The van der Waals surface area contributed by atoms with Crippen molar-refractivity contribution in [2.75, 3.05) is 25.5 Å². The molecule has 3 heterocycles. The van der Waals surface area contributed by atoms with Gasteiger partial charge in [-0.05, 0) is 0 Å². The standard InChI is InChI=1S/C17H24N5O9P3/c1-2-6-27-12-7-14(29-13(12)9-28-33(25)31-34(26)30-32(23)24)22-8-11(4-3-5-18)15-16(19)20-10-21-17(15)22/h2,8,10,12-14,32-34H,1,5-7,9,18H2,(H,23,24)(H2,19,20,21). The summed E-state index contributed by atoms with van der Waals surface area (Å²) >= 11 is 0. The van der Waals surface area contributed by atoms with E-state index < -0.39 is 43.2 Å². The van der Waals surface area contributed by atoms with Crippen LogP contribution in [0.1, 0.15) is 18.2 Å². The van der Waals surface area contributed by atoms with Crippen LogP contribution in [0.15, 0.2) is 25.2 Å². The van der Waals surface area contributed by atoms with Gasteiger partial charge in [0, 0.05) is 12.6 Å². The molecule has 6 atom stereocenters. The fourth-order valence-electron chi connectivity index (χ4n) is 3.30. The molecule has 2 aromatic rings. The number of ether oxygens (including phenoxy) is 2. The smallest absolute Gasteiger partial charge is 0.333 e. The molecular formula is C17H24N5O9P3. The zero-order valence-electron chi connectivity index (χ0n) is 17.7. The van der Waals surface area contributed by atoms with Gasteiger partial charge in [0.25, 0.3) is 0 Å². The third-order valence-electron chi connectivity index (χ3n) is 4.59. The van der Waals surface area contributed by atoms with Crippen molar-refractivity contribution in [2.24, 2.45) is 5.73 Å². The Kier molecular flexibility index (Phi) is 10.0. The maximum absolute atomic E-state index is 11.9. The lowest BCUT2D eigenvalue weighted by molar-refractivity contribution is -0.0514. The van der Waals surface area contributed by atoms with Crippen molar-refractivity contribution < 1.29 is 41.2 Å². The Morgan fingerprint density at radius 1 is 1.32 bits per heavy atom. The van der Waals surface area contributed by atoms with E-state index in [1.165, 1.54) is 6.33 Å². The second-order valence-corrected chi connectivity index (χ2v) is 10.2. The zero-order chi connectivity index (χ0) is 24.7. The van der Waals surface area contributed by atoms with Crippen LogP contribution < -0.4 is 11.5 Å². The minimum atomic E-state index is -3.50. The molecule has 14 nitrogen and oxygen atoms in total. The molecule has 1 saturated heterocycles. The maximum Gasteiger partial charge on any atom is 0.333 e. The third-order valence-corrected chi connectivity index (χ3v) is 7.69. The lowest BCUT2D eigenvalue weighted by Crippen LogP contribution is -2.28. The fraction of sp³-hybridized carbons (Fsp3) is 0.412. The minimum Gasteiger partial charge on any atom is -0.383 e. The summed E-state index contributed by atoms with van der Waals surface area (Å²) in [6, 6.07) is 0. The van der Waals surface area contributed by atoms with Crippen molar-refractivity contribution in [1.29, 1.82) is 0 Å². The third kappa shape index (κ3) is 6.84. The van der Waals surface area contributed by atoms with Crippen LogP contribution in [0.2, 0.25) is 0 Å². The first-order valence-electron chi connectivity index (χ1n) is 9.81. The Bertz CT molecular complexity index is 1160. The number of nitrogen functional groups attached to an aromatic ring is 1. The van der Waals surface area contributed by atoms with E-state index in [9.17, 15) is 13.7 Å². The number of aromatic nitrogens is 3. The first kappa shape index (κ1) is 26.7. The summed E-state index contributed by atoms with van der Waals surface area (Å²) in [4.78, 5) is 16.9. The fourth-order valence-corrected chi connectivity index (χ4v) is 5.49. The van der Waals surface area contributed by atoms with Gasteiger partial charge in [0.1, 0.15) is 30.1 Å². The summed E-state index contributed by atoms with van der Waals surface area (Å²) in [7, 11) is -10.2. The molecule has 0 aliphatic carbocycles. The van der Waals surface area contributed by atoms with Gasteiger partial charge in [-0.3, -0.25) is 13.7 Å². The number of anilines is 1. The lowest BCUT2D eigenvalue weighted by Gasteiger charge is -2.18. The van der Waals surface area contributed by atoms with E-state index in [4.69, 9.17) is 30.4 Å². The Labute approximate surface area is 196 Å². The molecule has 0 saturated carbocycles. The molecule has 186 valence electrons. The van der Waals surface area contributed by atoms with E-state index in [0.29, 0.717) is 23.0 Å². The normalized spacial score (nSPS) is 22.7. The highest BCUT2D eigenvalue weighted by molar-refractivity contribution is 7.53. The molecule has 2 aromatic heterocycles. The van der Waals surface area contributed by atoms with Crippen LogP contribution in [0, 0.1) is 11.8 Å². The van der Waals surface area contributed by atoms with Gasteiger partial charge >= 0.3 is 24.8 Å². The van der Waals surface area contributed by atoms with E-state index in [1.807, 2.05) is 0 Å². The van der Waals surface area contributed by atoms with Gasteiger partial charge in [0.15, 0.2) is 0 Å². The van der Waals surface area contributed by atoms with E-state index >= 15 is 0 Å². The van der Waals surface area contributed by atoms with Crippen LogP contribution in [-0.2, 0) is 36.3 Å². The largest absolute Gasteiger partial charge is 0.383 e. The highest BCUT2D eigenvalue weighted by Crippen LogP contribution is 2.45. The highest BCUT2D eigenvalue weighted by atomic mass is 31.2. The number of hydrogen-bond donors (Lipinski definition) is 3. The molecule has 17 heteroatoms. The van der Waals surface area contributed by atoms with Crippen molar-refractivity contribution in [1.82, 2.24) is 14.5 Å². The SMILES string of the molecule is C=CCOC1CC(n2cc(C#CCN)c3c(N)ncnc32)OC1CO[PH](=O)O[PH](=O)O[PH](=O)O. The molecule has 1 fully saturated rings. The molecular weight excluding hydrogens is 511 g/mol. The van der Waals surface area contributed by atoms with Crippen LogP contribution in [0.3, 0.4) is 0 Å². The Balaban J connectivity index is 1.78. The van der Waals surface area contributed by atoms with Gasteiger partial charge in [-0.15, -0.1) is 6.58 Å². The number of fused-ring (bicyclic) bond motifs is 1.